The Morgan fingerprint density at radius 3 is 2.61 bits per heavy atom. The number of aromatic hydroxyl groups is 1. The molecule has 0 fully saturated rings. The van der Waals surface area contributed by atoms with Crippen molar-refractivity contribution < 1.29 is 28.6 Å². The van der Waals surface area contributed by atoms with Crippen LogP contribution in [0.1, 0.15) is 51.3 Å². The van der Waals surface area contributed by atoms with E-state index < -0.39 is 23.6 Å². The van der Waals surface area contributed by atoms with Crippen molar-refractivity contribution in [3.63, 3.8) is 0 Å². The van der Waals surface area contributed by atoms with Gasteiger partial charge in [-0.25, -0.2) is 14.0 Å². The maximum absolute atomic E-state index is 14.9. The second-order valence-electron chi connectivity index (χ2n) is 7.88. The molecule has 0 unspecified atom stereocenters. The minimum atomic E-state index is -0.768. The van der Waals surface area contributed by atoms with Crippen molar-refractivity contribution >= 4 is 17.9 Å². The van der Waals surface area contributed by atoms with Crippen LogP contribution < -0.4 is 10.1 Å². The zero-order valence-corrected chi connectivity index (χ0v) is 18.7. The van der Waals surface area contributed by atoms with Crippen molar-refractivity contribution in [3.05, 3.63) is 52.8 Å². The van der Waals surface area contributed by atoms with Gasteiger partial charge in [0.15, 0.2) is 5.82 Å². The van der Waals surface area contributed by atoms with Gasteiger partial charge >= 0.3 is 12.2 Å². The number of halogens is 1. The van der Waals surface area contributed by atoms with Crippen LogP contribution in [0.5, 0.6) is 11.5 Å². The highest BCUT2D eigenvalue weighted by Gasteiger charge is 2.27. The highest BCUT2D eigenvalue weighted by molar-refractivity contribution is 5.85. The third-order valence-electron chi connectivity index (χ3n) is 4.27. The fraction of sp³-hybridized carbons (Fsp3) is 0.391. The number of carbonyl (C=O) groups excluding carboxylic acids is 2. The van der Waals surface area contributed by atoms with Crippen LogP contribution in [-0.2, 0) is 17.8 Å². The predicted octanol–water partition coefficient (Wildman–Crippen LogP) is 5.73. The number of hydrogen-bond acceptors (Lipinski definition) is 5. The number of phenolic OH excluding ortho intramolecular Hbond substituents is 1. The summed E-state index contributed by atoms with van der Waals surface area (Å²) in [7, 11) is 0. The lowest BCUT2D eigenvalue weighted by atomic mass is 10.1. The Labute approximate surface area is 181 Å². The monoisotopic (exact) mass is 432 g/mol. The normalized spacial score (nSPS) is 12.9. The molecule has 7 nitrogen and oxygen atoms in total. The number of ether oxygens (including phenoxy) is 2. The highest BCUT2D eigenvalue weighted by Crippen LogP contribution is 2.33. The van der Waals surface area contributed by atoms with E-state index >= 15 is 0 Å². The number of nitrogens with zero attached hydrogens (tertiary/aromatic N) is 1. The Bertz CT molecular complexity index is 969. The van der Waals surface area contributed by atoms with Crippen LogP contribution >= 0.6 is 0 Å². The number of rotatable bonds is 3. The maximum atomic E-state index is 14.9. The molecular weight excluding hydrogens is 403 g/mol. The van der Waals surface area contributed by atoms with Gasteiger partial charge in [0.1, 0.15) is 17.1 Å². The van der Waals surface area contributed by atoms with Crippen LogP contribution in [0.15, 0.2) is 30.3 Å². The summed E-state index contributed by atoms with van der Waals surface area (Å²) >= 11 is 0. The number of nitrogens with one attached hydrogen (secondary N) is 1. The zero-order valence-electron chi connectivity index (χ0n) is 18.7. The molecule has 0 aromatic heterocycles. The van der Waals surface area contributed by atoms with Crippen LogP contribution in [0.2, 0.25) is 0 Å². The van der Waals surface area contributed by atoms with Gasteiger partial charge in [0.05, 0.1) is 18.8 Å². The summed E-state index contributed by atoms with van der Waals surface area (Å²) in [6.07, 6.45) is -1.42. The van der Waals surface area contributed by atoms with Crippen molar-refractivity contribution in [2.24, 2.45) is 0 Å². The summed E-state index contributed by atoms with van der Waals surface area (Å²) in [5.74, 6) is -0.328. The molecule has 0 atom stereocenters. The molecule has 0 aliphatic carbocycles. The van der Waals surface area contributed by atoms with Gasteiger partial charge < -0.3 is 14.6 Å². The number of amides is 2. The van der Waals surface area contributed by atoms with Gasteiger partial charge in [-0.2, -0.15) is 0 Å². The van der Waals surface area contributed by atoms with Crippen LogP contribution in [0.4, 0.5) is 19.7 Å². The largest absolute Gasteiger partial charge is 0.508 e. The SMILES string of the molecule is CC.Cc1cc2c(cc1O)OC(=O)N(Cc1cccc(NC(=O)OC(C)(C)C)c1F)C2. The molecule has 2 amide bonds. The summed E-state index contributed by atoms with van der Waals surface area (Å²) in [4.78, 5) is 25.6. The van der Waals surface area contributed by atoms with Crippen molar-refractivity contribution in [3.8, 4) is 11.5 Å². The number of phenols is 1. The number of benzene rings is 2. The molecule has 0 saturated carbocycles. The third-order valence-corrected chi connectivity index (χ3v) is 4.27. The summed E-state index contributed by atoms with van der Waals surface area (Å²) < 4.78 is 25.3. The van der Waals surface area contributed by atoms with Crippen LogP contribution in [0, 0.1) is 12.7 Å². The van der Waals surface area contributed by atoms with Gasteiger partial charge in [-0.3, -0.25) is 10.2 Å². The molecule has 0 bridgehead atoms. The second-order valence-corrected chi connectivity index (χ2v) is 7.88. The fourth-order valence-electron chi connectivity index (χ4n) is 2.92. The quantitative estimate of drug-likeness (QED) is 0.647. The minimum absolute atomic E-state index is 0.0386. The molecule has 2 aromatic carbocycles. The molecule has 1 aliphatic heterocycles. The highest BCUT2D eigenvalue weighted by atomic mass is 19.1. The Kier molecular flexibility index (Phi) is 7.49. The van der Waals surface area contributed by atoms with Gasteiger partial charge in [-0.1, -0.05) is 26.0 Å². The van der Waals surface area contributed by atoms with E-state index in [2.05, 4.69) is 5.32 Å². The van der Waals surface area contributed by atoms with Crippen LogP contribution in [0.3, 0.4) is 0 Å². The molecule has 1 aliphatic rings. The van der Waals surface area contributed by atoms with E-state index in [9.17, 15) is 19.1 Å². The van der Waals surface area contributed by atoms with Gasteiger partial charge in [-0.15, -0.1) is 0 Å². The molecule has 2 aromatic rings. The first kappa shape index (κ1) is 24.0. The lowest BCUT2D eigenvalue weighted by Gasteiger charge is -2.28. The lowest BCUT2D eigenvalue weighted by Crippen LogP contribution is -2.36. The number of fused-ring (bicyclic) bond motifs is 1. The average Bonchev–Trinajstić information content (AvgIpc) is 2.67. The van der Waals surface area contributed by atoms with Crippen molar-refractivity contribution in [1.82, 2.24) is 4.90 Å². The summed E-state index contributed by atoms with van der Waals surface area (Å²) in [5, 5.41) is 12.2. The molecule has 8 heteroatoms. The Balaban J connectivity index is 0.00000166. The molecule has 31 heavy (non-hydrogen) atoms. The molecule has 0 saturated heterocycles. The van der Waals surface area contributed by atoms with E-state index in [1.54, 1.807) is 39.8 Å². The lowest BCUT2D eigenvalue weighted by molar-refractivity contribution is 0.0635. The maximum Gasteiger partial charge on any atom is 0.415 e. The average molecular weight is 432 g/mol. The standard InChI is InChI=1S/C21H23FN2O5.C2H6/c1-12-8-14-11-24(20(27)28-17(14)9-16(12)25)10-13-6-5-7-15(18(13)22)23-19(26)29-21(2,3)4;1-2/h5-9,25H,10-11H2,1-4H3,(H,23,26);1-2H3. The molecule has 0 spiro atoms. The first-order valence-corrected chi connectivity index (χ1v) is 10.1. The minimum Gasteiger partial charge on any atom is -0.508 e. The molecule has 2 N–H and O–H groups in total. The van der Waals surface area contributed by atoms with Crippen LogP contribution in [-0.4, -0.2) is 27.8 Å². The molecular formula is C23H29FN2O5. The molecule has 3 rings (SSSR count). The smallest absolute Gasteiger partial charge is 0.415 e. The predicted molar refractivity (Wildman–Crippen MR) is 116 cm³/mol. The van der Waals surface area contributed by atoms with E-state index in [0.29, 0.717) is 11.1 Å². The topological polar surface area (TPSA) is 88.1 Å². The van der Waals surface area contributed by atoms with E-state index in [0.717, 1.165) is 0 Å². The van der Waals surface area contributed by atoms with Crippen molar-refractivity contribution in [2.75, 3.05) is 5.32 Å². The van der Waals surface area contributed by atoms with Gasteiger partial charge in [0, 0.05) is 17.2 Å². The molecule has 168 valence electrons. The Hall–Kier alpha value is -3.29. The molecule has 1 heterocycles. The number of hydrogen-bond donors (Lipinski definition) is 2. The fourth-order valence-corrected chi connectivity index (χ4v) is 2.92. The Morgan fingerprint density at radius 2 is 1.97 bits per heavy atom. The van der Waals surface area contributed by atoms with Gasteiger partial charge in [0.2, 0.25) is 0 Å². The van der Waals surface area contributed by atoms with Crippen LogP contribution in [0.25, 0.3) is 0 Å². The number of aryl methyl sites for hydroxylation is 1. The summed E-state index contributed by atoms with van der Waals surface area (Å²) in [6, 6.07) is 7.64. The Morgan fingerprint density at radius 1 is 1.29 bits per heavy atom. The number of anilines is 1. The van der Waals surface area contributed by atoms with Gasteiger partial charge in [-0.05, 0) is 45.4 Å². The second kappa shape index (κ2) is 9.68. The van der Waals surface area contributed by atoms with Gasteiger partial charge in [0.25, 0.3) is 0 Å². The third kappa shape index (κ3) is 6.10. The molecule has 0 radical (unpaired) electrons. The van der Waals surface area contributed by atoms with E-state index in [1.807, 2.05) is 13.8 Å². The summed E-state index contributed by atoms with van der Waals surface area (Å²) in [5.41, 5.74) is 0.827. The first-order valence-electron chi connectivity index (χ1n) is 10.1. The zero-order chi connectivity index (χ0) is 23.3. The van der Waals surface area contributed by atoms with E-state index in [4.69, 9.17) is 9.47 Å². The number of carbonyl (C=O) groups is 2. The van der Waals surface area contributed by atoms with Crippen molar-refractivity contribution in [2.45, 2.75) is 60.2 Å². The van der Waals surface area contributed by atoms with Crippen molar-refractivity contribution in [1.29, 1.82) is 0 Å². The van der Waals surface area contributed by atoms with E-state index in [-0.39, 0.29) is 35.8 Å². The first-order chi connectivity index (χ1) is 14.5. The summed E-state index contributed by atoms with van der Waals surface area (Å²) in [6.45, 7) is 11.0. The van der Waals surface area contributed by atoms with E-state index in [1.165, 1.54) is 23.1 Å².